The number of allylic oxidation sites excluding steroid dienone is 6. The molecule has 2 bridgehead atoms. The molecule has 0 aromatic carbocycles. The van der Waals surface area contributed by atoms with Gasteiger partial charge in [-0.25, -0.2) is 4.79 Å². The summed E-state index contributed by atoms with van der Waals surface area (Å²) in [5.41, 5.74) is 1.42. The molecule has 0 aromatic rings. The fourth-order valence-electron chi connectivity index (χ4n) is 10.9. The van der Waals surface area contributed by atoms with E-state index in [1.165, 1.54) is 14.2 Å². The highest BCUT2D eigenvalue weighted by molar-refractivity contribution is 6.39. The van der Waals surface area contributed by atoms with E-state index in [0.717, 1.165) is 10.5 Å². The number of ether oxygens (including phenoxy) is 6. The number of cyclic esters (lactones) is 1. The van der Waals surface area contributed by atoms with E-state index >= 15 is 0 Å². The van der Waals surface area contributed by atoms with E-state index in [2.05, 4.69) is 6.58 Å². The molecule has 4 aliphatic rings. The summed E-state index contributed by atoms with van der Waals surface area (Å²) in [6.45, 7) is 14.6. The van der Waals surface area contributed by atoms with E-state index in [0.29, 0.717) is 63.4 Å². The Bertz CT molecular complexity index is 2060. The molecule has 18 heteroatoms. The second-order valence-corrected chi connectivity index (χ2v) is 21.4. The topological polar surface area (TPSA) is 245 Å². The fourth-order valence-corrected chi connectivity index (χ4v) is 10.9. The standard InChI is InChI=1S/C57H88N2O16/c1-35-16-12-11-13-17-36(2)47(70-8)32-43-21-19-41(7)57(69,75-43)54(66)55(67)59-23-15-14-18-44(59)56(68)74-48(33-45(62)37(3)29-40(6)52(65)53(72-10)51(64)39(5)28-35)38(4)30-42-20-22-46(49(31-42)71-9)73-50(63)34-58(24-26-60)25-27-61/h11-13,16-17,29,35,37-38,41-44,46-49,52-53,60-61,65,69H,5,14-15,18-28,30-34H2,1-4,6-10H3/b13-11+,16-12+,36-17+,40-29+/t35-,37-,38-,41-,42+,43+,44+,46-,47+,48+,49-,52-,53+,57-/m1/s1. The number of methoxy groups -OCH3 is 3. The summed E-state index contributed by atoms with van der Waals surface area (Å²) in [5, 5.41) is 42.3. The van der Waals surface area contributed by atoms with Gasteiger partial charge in [0.2, 0.25) is 5.79 Å². The lowest BCUT2D eigenvalue weighted by Crippen LogP contribution is -2.61. The number of esters is 2. The molecular weight excluding hydrogens is 969 g/mol. The summed E-state index contributed by atoms with van der Waals surface area (Å²) < 4.78 is 35.5. The Kier molecular flexibility index (Phi) is 25.9. The van der Waals surface area contributed by atoms with Crippen LogP contribution in [-0.2, 0) is 57.2 Å². The van der Waals surface area contributed by atoms with Gasteiger partial charge in [-0.05, 0) is 113 Å². The van der Waals surface area contributed by atoms with Crippen LogP contribution in [0.2, 0.25) is 0 Å². The maximum Gasteiger partial charge on any atom is 0.329 e. The van der Waals surface area contributed by atoms with Gasteiger partial charge in [0, 0.05) is 65.6 Å². The fraction of sp³-hybridized carbons (Fsp3) is 0.719. The van der Waals surface area contributed by atoms with Gasteiger partial charge in [-0.15, -0.1) is 0 Å². The zero-order chi connectivity index (χ0) is 55.6. The number of aliphatic hydroxyl groups excluding tert-OH is 3. The molecule has 4 rings (SSSR count). The van der Waals surface area contributed by atoms with Crippen LogP contribution in [0.4, 0.5) is 0 Å². The van der Waals surface area contributed by atoms with Crippen molar-refractivity contribution >= 4 is 35.2 Å². The van der Waals surface area contributed by atoms with Gasteiger partial charge in [-0.2, -0.15) is 0 Å². The molecule has 14 atom stereocenters. The third-order valence-electron chi connectivity index (χ3n) is 15.6. The number of nitrogens with zero attached hydrogens (tertiary/aromatic N) is 2. The third-order valence-corrected chi connectivity index (χ3v) is 15.6. The molecule has 0 aromatic heterocycles. The minimum atomic E-state index is -2.47. The Hall–Kier alpha value is -4.24. The van der Waals surface area contributed by atoms with Crippen molar-refractivity contribution in [1.82, 2.24) is 9.80 Å². The van der Waals surface area contributed by atoms with Crippen molar-refractivity contribution in [2.24, 2.45) is 29.6 Å². The Morgan fingerprint density at radius 2 is 1.59 bits per heavy atom. The smallest absolute Gasteiger partial charge is 0.329 e. The van der Waals surface area contributed by atoms with Crippen LogP contribution in [0.5, 0.6) is 0 Å². The Balaban J connectivity index is 1.67. The van der Waals surface area contributed by atoms with Gasteiger partial charge in [0.1, 0.15) is 36.2 Å². The van der Waals surface area contributed by atoms with Crippen molar-refractivity contribution in [3.8, 4) is 0 Å². The maximum atomic E-state index is 14.6. The quantitative estimate of drug-likeness (QED) is 0.0826. The molecule has 2 saturated heterocycles. The first-order valence-corrected chi connectivity index (χ1v) is 26.9. The van der Waals surface area contributed by atoms with Crippen molar-refractivity contribution in [3.63, 3.8) is 0 Å². The molecule has 1 amide bonds. The maximum absolute atomic E-state index is 14.6. The predicted molar refractivity (Wildman–Crippen MR) is 280 cm³/mol. The summed E-state index contributed by atoms with van der Waals surface area (Å²) >= 11 is 0. The number of hydrogen-bond donors (Lipinski definition) is 4. The summed E-state index contributed by atoms with van der Waals surface area (Å²) in [4.78, 5) is 87.0. The van der Waals surface area contributed by atoms with E-state index in [-0.39, 0.29) is 81.8 Å². The number of amides is 1. The first kappa shape index (κ1) is 63.3. The number of fused-ring (bicyclic) bond motifs is 3. The van der Waals surface area contributed by atoms with Crippen molar-refractivity contribution in [1.29, 1.82) is 0 Å². The molecule has 4 N–H and O–H groups in total. The van der Waals surface area contributed by atoms with Crippen LogP contribution in [0.1, 0.15) is 119 Å². The Morgan fingerprint density at radius 1 is 0.880 bits per heavy atom. The van der Waals surface area contributed by atoms with Gasteiger partial charge in [0.25, 0.3) is 11.7 Å². The third kappa shape index (κ3) is 17.9. The van der Waals surface area contributed by atoms with Gasteiger partial charge in [0.15, 0.2) is 5.78 Å². The average Bonchev–Trinajstić information content (AvgIpc) is 3.38. The molecule has 0 unspecified atom stereocenters. The van der Waals surface area contributed by atoms with E-state index < -0.39 is 102 Å². The lowest BCUT2D eigenvalue weighted by molar-refractivity contribution is -0.265. The lowest BCUT2D eigenvalue weighted by atomic mass is 9.78. The first-order chi connectivity index (χ1) is 35.6. The van der Waals surface area contributed by atoms with Gasteiger partial charge in [-0.1, -0.05) is 70.7 Å². The molecule has 75 heavy (non-hydrogen) atoms. The van der Waals surface area contributed by atoms with Crippen LogP contribution >= 0.6 is 0 Å². The summed E-state index contributed by atoms with van der Waals surface area (Å²) in [5.74, 6) is -8.95. The number of carbonyl (C=O) groups excluding carboxylic acids is 6. The zero-order valence-corrected chi connectivity index (χ0v) is 46.0. The minimum Gasteiger partial charge on any atom is -0.460 e. The van der Waals surface area contributed by atoms with Crippen LogP contribution in [0.15, 0.2) is 59.8 Å². The van der Waals surface area contributed by atoms with Crippen molar-refractivity contribution in [2.45, 2.75) is 173 Å². The number of aliphatic hydroxyl groups is 4. The Labute approximate surface area is 444 Å². The van der Waals surface area contributed by atoms with Crippen LogP contribution < -0.4 is 0 Å². The monoisotopic (exact) mass is 1060 g/mol. The van der Waals surface area contributed by atoms with Crippen molar-refractivity contribution < 1.29 is 77.6 Å². The summed E-state index contributed by atoms with van der Waals surface area (Å²) in [7, 11) is 4.42. The Morgan fingerprint density at radius 3 is 2.24 bits per heavy atom. The SMILES string of the molecule is C=C1C[C@H](C)/C=C/C=C/C=C(\C)[C@@H](OC)C[C@@H]2CC[C@@H](C)[C@@](O)(O2)C(=O)C(=O)N2CCCC[C@H]2C(=O)O[C@H]([C@H](C)C[C@@H]2CC[C@@H](OC(=O)CN(CCO)CCO)[C@H](OC)C2)CC(=O)[C@H](C)/C=C(\C)[C@@H](O)[C@@H](OC)C1=O. The molecule has 1 saturated carbocycles. The van der Waals surface area contributed by atoms with Gasteiger partial charge in [-0.3, -0.25) is 28.9 Å². The molecule has 3 aliphatic heterocycles. The van der Waals surface area contributed by atoms with E-state index in [9.17, 15) is 49.2 Å². The van der Waals surface area contributed by atoms with E-state index in [1.807, 2.05) is 51.2 Å². The highest BCUT2D eigenvalue weighted by atomic mass is 16.6. The van der Waals surface area contributed by atoms with Gasteiger partial charge < -0.3 is 53.7 Å². The number of carbonyl (C=O) groups is 6. The molecule has 3 heterocycles. The predicted octanol–water partition coefficient (Wildman–Crippen LogP) is 4.94. The number of rotatable bonds is 13. The number of Topliss-reactive ketones (excluding diaryl/α,β-unsaturated/α-hetero) is 3. The molecular formula is C57H88N2O16. The number of ketones is 3. The van der Waals surface area contributed by atoms with Crippen LogP contribution in [-0.4, -0.2) is 181 Å². The summed E-state index contributed by atoms with van der Waals surface area (Å²) in [6.07, 6.45) is 9.50. The largest absolute Gasteiger partial charge is 0.460 e. The molecule has 18 nitrogen and oxygen atoms in total. The van der Waals surface area contributed by atoms with Crippen LogP contribution in [0, 0.1) is 29.6 Å². The van der Waals surface area contributed by atoms with Crippen LogP contribution in [0.3, 0.4) is 0 Å². The van der Waals surface area contributed by atoms with Crippen molar-refractivity contribution in [2.75, 3.05) is 60.7 Å². The number of piperidine rings is 1. The van der Waals surface area contributed by atoms with Gasteiger partial charge >= 0.3 is 11.9 Å². The molecule has 422 valence electrons. The molecule has 0 radical (unpaired) electrons. The second-order valence-electron chi connectivity index (χ2n) is 21.4. The highest BCUT2D eigenvalue weighted by Crippen LogP contribution is 2.38. The minimum absolute atomic E-state index is 0.0149. The highest BCUT2D eigenvalue weighted by Gasteiger charge is 2.53. The first-order valence-electron chi connectivity index (χ1n) is 26.9. The summed E-state index contributed by atoms with van der Waals surface area (Å²) in [6, 6.07) is -1.20. The molecule has 0 spiro atoms. The number of hydrogen-bond acceptors (Lipinski definition) is 17. The average molecular weight is 1060 g/mol. The molecule has 1 aliphatic carbocycles. The van der Waals surface area contributed by atoms with E-state index in [1.54, 1.807) is 38.9 Å². The van der Waals surface area contributed by atoms with Crippen LogP contribution in [0.25, 0.3) is 0 Å². The van der Waals surface area contributed by atoms with Gasteiger partial charge in [0.05, 0.1) is 38.1 Å². The zero-order valence-electron chi connectivity index (χ0n) is 46.0. The van der Waals surface area contributed by atoms with Crippen molar-refractivity contribution in [3.05, 3.63) is 59.8 Å². The normalized spacial score (nSPS) is 35.6. The molecule has 3 fully saturated rings. The van der Waals surface area contributed by atoms with E-state index in [4.69, 9.17) is 28.4 Å². The lowest BCUT2D eigenvalue weighted by Gasteiger charge is -2.42. The second kappa shape index (κ2) is 30.6.